The fraction of sp³-hybridized carbons (Fsp3) is 0.611. The lowest BCUT2D eigenvalue weighted by Crippen LogP contribution is -2.36. The molecule has 0 bridgehead atoms. The molecule has 0 spiro atoms. The molecule has 0 aliphatic rings. The highest BCUT2D eigenvalue weighted by Gasteiger charge is 2.21. The highest BCUT2D eigenvalue weighted by atomic mass is 32.2. The maximum atomic E-state index is 12.2. The zero-order valence-corrected chi connectivity index (χ0v) is 16.3. The summed E-state index contributed by atoms with van der Waals surface area (Å²) < 4.78 is 35.9. The Morgan fingerprint density at radius 2 is 1.72 bits per heavy atom. The molecule has 25 heavy (non-hydrogen) atoms. The first kappa shape index (κ1) is 21.6. The SMILES string of the molecule is COCCOCCS(=O)(=O)NC(=O)[C@H](C)c1ccc(CC(C)C)cc1. The average Bonchev–Trinajstić information content (AvgIpc) is 2.53. The van der Waals surface area contributed by atoms with Crippen LogP contribution in [0.3, 0.4) is 0 Å². The van der Waals surface area contributed by atoms with Gasteiger partial charge in [-0.1, -0.05) is 38.1 Å². The fourth-order valence-electron chi connectivity index (χ4n) is 2.27. The molecule has 0 saturated heterocycles. The minimum atomic E-state index is -3.71. The minimum absolute atomic E-state index is 0.0181. The van der Waals surface area contributed by atoms with Gasteiger partial charge in [-0.05, 0) is 30.4 Å². The molecule has 1 atom stereocenters. The Hall–Kier alpha value is -1.44. The van der Waals surface area contributed by atoms with Crippen LogP contribution in [-0.2, 0) is 30.7 Å². The van der Waals surface area contributed by atoms with Gasteiger partial charge in [0.2, 0.25) is 15.9 Å². The molecule has 0 fully saturated rings. The first-order valence-electron chi connectivity index (χ1n) is 8.45. The van der Waals surface area contributed by atoms with Crippen LogP contribution in [0.25, 0.3) is 0 Å². The first-order valence-corrected chi connectivity index (χ1v) is 10.1. The predicted molar refractivity (Wildman–Crippen MR) is 98.0 cm³/mol. The van der Waals surface area contributed by atoms with Crippen LogP contribution in [0.15, 0.2) is 24.3 Å². The van der Waals surface area contributed by atoms with Crippen molar-refractivity contribution in [2.75, 3.05) is 32.7 Å². The van der Waals surface area contributed by atoms with Crippen molar-refractivity contribution in [3.8, 4) is 0 Å². The van der Waals surface area contributed by atoms with Crippen LogP contribution in [0.2, 0.25) is 0 Å². The van der Waals surface area contributed by atoms with Crippen molar-refractivity contribution < 1.29 is 22.7 Å². The van der Waals surface area contributed by atoms with E-state index in [1.54, 1.807) is 6.92 Å². The van der Waals surface area contributed by atoms with Gasteiger partial charge in [-0.3, -0.25) is 9.52 Å². The third kappa shape index (κ3) is 8.47. The lowest BCUT2D eigenvalue weighted by molar-refractivity contribution is -0.120. The van der Waals surface area contributed by atoms with E-state index in [1.807, 2.05) is 24.3 Å². The van der Waals surface area contributed by atoms with Gasteiger partial charge in [-0.2, -0.15) is 0 Å². The second-order valence-corrected chi connectivity index (χ2v) is 8.29. The Kier molecular flexibility index (Phi) is 9.10. The lowest BCUT2D eigenvalue weighted by Gasteiger charge is -2.14. The Morgan fingerprint density at radius 3 is 2.28 bits per heavy atom. The Labute approximate surface area is 151 Å². The van der Waals surface area contributed by atoms with E-state index in [4.69, 9.17) is 9.47 Å². The fourth-order valence-corrected chi connectivity index (χ4v) is 3.19. The van der Waals surface area contributed by atoms with E-state index < -0.39 is 21.8 Å². The highest BCUT2D eigenvalue weighted by Crippen LogP contribution is 2.18. The van der Waals surface area contributed by atoms with Crippen LogP contribution in [0.5, 0.6) is 0 Å². The number of rotatable bonds is 11. The summed E-state index contributed by atoms with van der Waals surface area (Å²) in [5.74, 6) is -0.781. The number of benzene rings is 1. The molecule has 0 saturated carbocycles. The molecular weight excluding hydrogens is 342 g/mol. The molecular formula is C18H29NO5S. The van der Waals surface area contributed by atoms with E-state index in [-0.39, 0.29) is 12.4 Å². The van der Waals surface area contributed by atoms with Gasteiger partial charge in [0.05, 0.1) is 31.5 Å². The topological polar surface area (TPSA) is 81.7 Å². The number of hydrogen-bond donors (Lipinski definition) is 1. The van der Waals surface area contributed by atoms with Crippen molar-refractivity contribution in [1.29, 1.82) is 0 Å². The van der Waals surface area contributed by atoms with E-state index in [0.29, 0.717) is 19.1 Å². The zero-order chi connectivity index (χ0) is 18.9. The normalized spacial score (nSPS) is 13.0. The van der Waals surface area contributed by atoms with Gasteiger partial charge in [0.15, 0.2) is 0 Å². The van der Waals surface area contributed by atoms with E-state index >= 15 is 0 Å². The predicted octanol–water partition coefficient (Wildman–Crippen LogP) is 2.10. The molecule has 6 nitrogen and oxygen atoms in total. The number of carbonyl (C=O) groups is 1. The minimum Gasteiger partial charge on any atom is -0.382 e. The van der Waals surface area contributed by atoms with Gasteiger partial charge in [-0.25, -0.2) is 8.42 Å². The molecule has 0 radical (unpaired) electrons. The molecule has 1 amide bonds. The highest BCUT2D eigenvalue weighted by molar-refractivity contribution is 7.90. The van der Waals surface area contributed by atoms with Crippen molar-refractivity contribution in [1.82, 2.24) is 4.72 Å². The van der Waals surface area contributed by atoms with Crippen LogP contribution in [0.1, 0.15) is 37.8 Å². The molecule has 7 heteroatoms. The Bertz CT molecular complexity index is 625. The van der Waals surface area contributed by atoms with E-state index in [1.165, 1.54) is 12.7 Å². The van der Waals surface area contributed by atoms with Crippen LogP contribution in [0, 0.1) is 5.92 Å². The summed E-state index contributed by atoms with van der Waals surface area (Å²) in [7, 11) is -2.17. The van der Waals surface area contributed by atoms with Crippen LogP contribution in [-0.4, -0.2) is 47.0 Å². The molecule has 1 aromatic carbocycles. The second-order valence-electron chi connectivity index (χ2n) is 6.45. The van der Waals surface area contributed by atoms with Crippen molar-refractivity contribution in [2.24, 2.45) is 5.92 Å². The second kappa shape index (κ2) is 10.5. The standard InChI is InChI=1S/C18H29NO5S/c1-14(2)13-16-5-7-17(8-6-16)15(3)18(20)19-25(21,22)12-11-24-10-9-23-4/h5-8,14-15H,9-13H2,1-4H3,(H,19,20)/t15-/m1/s1. The molecule has 0 aliphatic heterocycles. The Balaban J connectivity index is 2.54. The molecule has 1 rings (SSSR count). The third-order valence-electron chi connectivity index (χ3n) is 3.70. The van der Waals surface area contributed by atoms with Gasteiger partial charge in [0.25, 0.3) is 0 Å². The number of methoxy groups -OCH3 is 1. The first-order chi connectivity index (χ1) is 11.7. The largest absolute Gasteiger partial charge is 0.382 e. The molecule has 1 N–H and O–H groups in total. The third-order valence-corrected chi connectivity index (χ3v) is 4.92. The quantitative estimate of drug-likeness (QED) is 0.603. The molecule has 0 heterocycles. The molecule has 1 aromatic rings. The van der Waals surface area contributed by atoms with Gasteiger partial charge in [-0.15, -0.1) is 0 Å². The van der Waals surface area contributed by atoms with Gasteiger partial charge >= 0.3 is 0 Å². The van der Waals surface area contributed by atoms with Crippen LogP contribution in [0.4, 0.5) is 0 Å². The van der Waals surface area contributed by atoms with E-state index in [2.05, 4.69) is 18.6 Å². The number of ether oxygens (including phenoxy) is 2. The van der Waals surface area contributed by atoms with Crippen molar-refractivity contribution in [2.45, 2.75) is 33.1 Å². The maximum Gasteiger partial charge on any atom is 0.240 e. The summed E-state index contributed by atoms with van der Waals surface area (Å²) in [4.78, 5) is 12.2. The Morgan fingerprint density at radius 1 is 1.08 bits per heavy atom. The molecule has 0 aliphatic carbocycles. The summed E-state index contributed by atoms with van der Waals surface area (Å²) in [6.45, 7) is 6.72. The lowest BCUT2D eigenvalue weighted by atomic mass is 9.96. The van der Waals surface area contributed by atoms with Crippen molar-refractivity contribution >= 4 is 15.9 Å². The maximum absolute atomic E-state index is 12.2. The molecule has 142 valence electrons. The number of sulfonamides is 1. The number of nitrogens with one attached hydrogen (secondary N) is 1. The summed E-state index contributed by atoms with van der Waals surface area (Å²) >= 11 is 0. The van der Waals surface area contributed by atoms with Crippen LogP contribution < -0.4 is 4.72 Å². The summed E-state index contributed by atoms with van der Waals surface area (Å²) in [6, 6.07) is 7.72. The average molecular weight is 371 g/mol. The van der Waals surface area contributed by atoms with Crippen molar-refractivity contribution in [3.63, 3.8) is 0 Å². The zero-order valence-electron chi connectivity index (χ0n) is 15.4. The van der Waals surface area contributed by atoms with Gasteiger partial charge in [0, 0.05) is 7.11 Å². The van der Waals surface area contributed by atoms with Gasteiger partial charge < -0.3 is 9.47 Å². The molecule has 0 unspecified atom stereocenters. The number of carbonyl (C=O) groups excluding carboxylic acids is 1. The monoisotopic (exact) mass is 371 g/mol. The smallest absolute Gasteiger partial charge is 0.240 e. The summed E-state index contributed by atoms with van der Waals surface area (Å²) in [5.41, 5.74) is 1.99. The van der Waals surface area contributed by atoms with Crippen molar-refractivity contribution in [3.05, 3.63) is 35.4 Å². The van der Waals surface area contributed by atoms with E-state index in [9.17, 15) is 13.2 Å². The number of hydrogen-bond acceptors (Lipinski definition) is 5. The van der Waals surface area contributed by atoms with Gasteiger partial charge in [0.1, 0.15) is 0 Å². The summed E-state index contributed by atoms with van der Waals surface area (Å²) in [5, 5.41) is 0. The number of amides is 1. The van der Waals surface area contributed by atoms with E-state index in [0.717, 1.165) is 12.0 Å². The molecule has 0 aromatic heterocycles. The van der Waals surface area contributed by atoms with Crippen LogP contribution >= 0.6 is 0 Å². The summed E-state index contributed by atoms with van der Waals surface area (Å²) in [6.07, 6.45) is 0.971.